The number of rotatable bonds is 8. The van der Waals surface area contributed by atoms with Crippen molar-refractivity contribution in [2.45, 2.75) is 24.0 Å². The van der Waals surface area contributed by atoms with E-state index >= 15 is 0 Å². The Bertz CT molecular complexity index is 1480. The van der Waals surface area contributed by atoms with Gasteiger partial charge in [0.05, 0.1) is 22.0 Å². The van der Waals surface area contributed by atoms with Crippen LogP contribution < -0.4 is 16.0 Å². The van der Waals surface area contributed by atoms with E-state index in [0.717, 1.165) is 0 Å². The second-order valence-electron chi connectivity index (χ2n) is 8.13. The van der Waals surface area contributed by atoms with E-state index in [0.29, 0.717) is 22.6 Å². The molecular formula is C26H24ClN5O3S. The minimum absolute atomic E-state index is 0.164. The van der Waals surface area contributed by atoms with E-state index in [1.165, 1.54) is 6.20 Å². The smallest absolute Gasteiger partial charge is 0.255 e. The van der Waals surface area contributed by atoms with Crippen LogP contribution in [0.5, 0.6) is 0 Å². The summed E-state index contributed by atoms with van der Waals surface area (Å²) >= 11 is 6.29. The molecule has 0 radical (unpaired) electrons. The molecule has 1 heterocycles. The van der Waals surface area contributed by atoms with Crippen molar-refractivity contribution in [3.63, 3.8) is 0 Å². The number of aromatic nitrogens is 2. The number of benzene rings is 3. The molecule has 1 amide bonds. The molecule has 0 unspecified atom stereocenters. The van der Waals surface area contributed by atoms with Crippen LogP contribution in [0, 0.1) is 0 Å². The molecule has 3 aromatic carbocycles. The lowest BCUT2D eigenvalue weighted by Crippen LogP contribution is -2.15. The quantitative estimate of drug-likeness (QED) is 0.258. The van der Waals surface area contributed by atoms with E-state index in [1.807, 2.05) is 6.07 Å². The topological polar surface area (TPSA) is 113 Å². The maximum atomic E-state index is 12.8. The van der Waals surface area contributed by atoms with Crippen LogP contribution in [-0.4, -0.2) is 29.5 Å². The van der Waals surface area contributed by atoms with Gasteiger partial charge in [0.15, 0.2) is 15.7 Å². The highest BCUT2D eigenvalue weighted by molar-refractivity contribution is 7.92. The van der Waals surface area contributed by atoms with E-state index in [4.69, 9.17) is 11.6 Å². The molecule has 3 N–H and O–H groups in total. The third kappa shape index (κ3) is 5.81. The molecule has 0 aliphatic heterocycles. The van der Waals surface area contributed by atoms with E-state index < -0.39 is 15.1 Å². The van der Waals surface area contributed by atoms with E-state index in [9.17, 15) is 13.2 Å². The predicted octanol–water partition coefficient (Wildman–Crippen LogP) is 6.05. The summed E-state index contributed by atoms with van der Waals surface area (Å²) in [6.45, 7) is 3.26. The minimum Gasteiger partial charge on any atom is -0.338 e. The zero-order valence-electron chi connectivity index (χ0n) is 19.6. The molecule has 0 fully saturated rings. The molecule has 8 nitrogen and oxygen atoms in total. The molecule has 0 saturated carbocycles. The summed E-state index contributed by atoms with van der Waals surface area (Å²) in [5.41, 5.74) is 2.26. The summed E-state index contributed by atoms with van der Waals surface area (Å²) in [5.74, 6) is 0.312. The first-order chi connectivity index (χ1) is 17.2. The highest BCUT2D eigenvalue weighted by Gasteiger charge is 2.23. The van der Waals surface area contributed by atoms with Crippen molar-refractivity contribution < 1.29 is 13.2 Å². The minimum atomic E-state index is -3.52. The van der Waals surface area contributed by atoms with Crippen LogP contribution in [0.15, 0.2) is 90.0 Å². The fraction of sp³-hybridized carbons (Fsp3) is 0.115. The number of nitrogens with zero attached hydrogens (tertiary/aromatic N) is 2. The van der Waals surface area contributed by atoms with Gasteiger partial charge in [0.2, 0.25) is 5.95 Å². The number of anilines is 5. The first-order valence-corrected chi connectivity index (χ1v) is 13.0. The van der Waals surface area contributed by atoms with Gasteiger partial charge in [-0.15, -0.1) is 0 Å². The van der Waals surface area contributed by atoms with Gasteiger partial charge >= 0.3 is 0 Å². The lowest BCUT2D eigenvalue weighted by molar-refractivity contribution is 0.102. The molecule has 0 saturated heterocycles. The van der Waals surface area contributed by atoms with Crippen LogP contribution in [0.3, 0.4) is 0 Å². The summed E-state index contributed by atoms with van der Waals surface area (Å²) in [7, 11) is -3.52. The average molecular weight is 522 g/mol. The van der Waals surface area contributed by atoms with E-state index in [1.54, 1.807) is 86.6 Å². The molecule has 0 atom stereocenters. The van der Waals surface area contributed by atoms with Crippen molar-refractivity contribution in [2.75, 3.05) is 16.0 Å². The van der Waals surface area contributed by atoms with Gasteiger partial charge in [0.1, 0.15) is 5.02 Å². The van der Waals surface area contributed by atoms with Gasteiger partial charge in [-0.25, -0.2) is 13.4 Å². The maximum Gasteiger partial charge on any atom is 0.255 e. The number of hydrogen-bond acceptors (Lipinski definition) is 7. The Labute approximate surface area is 214 Å². The molecule has 0 spiro atoms. The molecule has 1 aromatic heterocycles. The normalized spacial score (nSPS) is 11.2. The Morgan fingerprint density at radius 1 is 0.861 bits per heavy atom. The lowest BCUT2D eigenvalue weighted by Gasteiger charge is -2.15. The van der Waals surface area contributed by atoms with Gasteiger partial charge < -0.3 is 16.0 Å². The van der Waals surface area contributed by atoms with Crippen LogP contribution in [0.4, 0.5) is 28.8 Å². The third-order valence-electron chi connectivity index (χ3n) is 5.25. The Kier molecular flexibility index (Phi) is 7.52. The van der Waals surface area contributed by atoms with Crippen LogP contribution in [0.25, 0.3) is 0 Å². The van der Waals surface area contributed by atoms with Crippen molar-refractivity contribution in [2.24, 2.45) is 0 Å². The maximum absolute atomic E-state index is 12.8. The number of carbonyl (C=O) groups excluding carboxylic acids is 1. The Balaban J connectivity index is 1.50. The van der Waals surface area contributed by atoms with E-state index in [-0.39, 0.29) is 27.6 Å². The number of hydrogen-bond donors (Lipinski definition) is 3. The molecule has 0 aliphatic carbocycles. The van der Waals surface area contributed by atoms with Crippen molar-refractivity contribution >= 4 is 56.2 Å². The lowest BCUT2D eigenvalue weighted by atomic mass is 10.2. The SMILES string of the molecule is CC(C)S(=O)(=O)c1ccccc1Nc1nc(Nc2ccc(NC(=O)c3ccccc3)cc2)ncc1Cl. The summed E-state index contributed by atoms with van der Waals surface area (Å²) in [5, 5.41) is 8.60. The summed E-state index contributed by atoms with van der Waals surface area (Å²) in [6, 6.07) is 22.6. The van der Waals surface area contributed by atoms with Gasteiger partial charge in [0.25, 0.3) is 5.91 Å². The number of carbonyl (C=O) groups is 1. The van der Waals surface area contributed by atoms with Crippen LogP contribution in [0.2, 0.25) is 5.02 Å². The summed E-state index contributed by atoms with van der Waals surface area (Å²) in [4.78, 5) is 21.1. The standard InChI is InChI=1S/C26H24ClN5O3S/c1-17(2)36(34,35)23-11-7-6-10-22(23)31-24-21(27)16-28-26(32-24)30-20-14-12-19(13-15-20)29-25(33)18-8-4-3-5-9-18/h3-17H,1-2H3,(H,29,33)(H2,28,30,31,32). The number of nitrogens with one attached hydrogen (secondary N) is 3. The van der Waals surface area contributed by atoms with Gasteiger partial charge in [-0.2, -0.15) is 4.98 Å². The molecule has 0 aliphatic rings. The highest BCUT2D eigenvalue weighted by Crippen LogP contribution is 2.30. The van der Waals surface area contributed by atoms with Gasteiger partial charge in [-0.1, -0.05) is 41.9 Å². The first-order valence-electron chi connectivity index (χ1n) is 11.1. The predicted molar refractivity (Wildman–Crippen MR) is 143 cm³/mol. The molecule has 4 aromatic rings. The van der Waals surface area contributed by atoms with Crippen molar-refractivity contribution in [1.82, 2.24) is 9.97 Å². The van der Waals surface area contributed by atoms with Gasteiger partial charge in [-0.05, 0) is 62.4 Å². The van der Waals surface area contributed by atoms with Crippen LogP contribution >= 0.6 is 11.6 Å². The van der Waals surface area contributed by atoms with Crippen LogP contribution in [0.1, 0.15) is 24.2 Å². The number of amides is 1. The van der Waals surface area contributed by atoms with Crippen LogP contribution in [-0.2, 0) is 9.84 Å². The third-order valence-corrected chi connectivity index (χ3v) is 7.73. The molecule has 184 valence electrons. The molecule has 36 heavy (non-hydrogen) atoms. The van der Waals surface area contributed by atoms with Gasteiger partial charge in [-0.3, -0.25) is 4.79 Å². The molecular weight excluding hydrogens is 498 g/mol. The summed E-state index contributed by atoms with van der Waals surface area (Å²) < 4.78 is 25.5. The van der Waals surface area contributed by atoms with E-state index in [2.05, 4.69) is 25.9 Å². The molecule has 10 heteroatoms. The van der Waals surface area contributed by atoms with Crippen molar-refractivity contribution in [1.29, 1.82) is 0 Å². The number of sulfone groups is 1. The Morgan fingerprint density at radius 3 is 2.19 bits per heavy atom. The second kappa shape index (κ2) is 10.8. The van der Waals surface area contributed by atoms with Crippen molar-refractivity contribution in [3.8, 4) is 0 Å². The monoisotopic (exact) mass is 521 g/mol. The molecule has 4 rings (SSSR count). The number of para-hydroxylation sites is 1. The Morgan fingerprint density at radius 2 is 1.50 bits per heavy atom. The van der Waals surface area contributed by atoms with Crippen molar-refractivity contribution in [3.05, 3.63) is 95.6 Å². The fourth-order valence-corrected chi connectivity index (χ4v) is 4.61. The fourth-order valence-electron chi connectivity index (χ4n) is 3.27. The zero-order valence-corrected chi connectivity index (χ0v) is 21.1. The highest BCUT2D eigenvalue weighted by atomic mass is 35.5. The largest absolute Gasteiger partial charge is 0.338 e. The van der Waals surface area contributed by atoms with Gasteiger partial charge in [0, 0.05) is 16.9 Å². The first kappa shape index (κ1) is 25.2. The molecule has 0 bridgehead atoms. The zero-order chi connectivity index (χ0) is 25.7. The summed E-state index contributed by atoms with van der Waals surface area (Å²) in [6.07, 6.45) is 1.42. The number of halogens is 1. The Hall–Kier alpha value is -3.95. The second-order valence-corrected chi connectivity index (χ2v) is 11.0. The average Bonchev–Trinajstić information content (AvgIpc) is 2.88.